The van der Waals surface area contributed by atoms with Crippen molar-refractivity contribution in [2.75, 3.05) is 0 Å². The first-order chi connectivity index (χ1) is 10.2. The lowest BCUT2D eigenvalue weighted by atomic mass is 10.2. The molecule has 1 N–H and O–H groups in total. The average molecular weight is 284 g/mol. The molecule has 8 heteroatoms. The molecule has 8 nitrogen and oxygen atoms in total. The van der Waals surface area contributed by atoms with E-state index in [1.54, 1.807) is 24.3 Å². The fraction of sp³-hybridized carbons (Fsp3) is 0. The third-order valence-electron chi connectivity index (χ3n) is 2.97. The van der Waals surface area contributed by atoms with Crippen LogP contribution in [0.25, 0.3) is 16.7 Å². The Morgan fingerprint density at radius 1 is 1.29 bits per heavy atom. The van der Waals surface area contributed by atoms with Crippen molar-refractivity contribution in [1.82, 2.24) is 14.5 Å². The number of hydrogen-bond donors (Lipinski definition) is 1. The fourth-order valence-electron chi connectivity index (χ4n) is 2.11. The number of aromatic nitrogens is 3. The number of pyridine rings is 1. The Morgan fingerprint density at radius 3 is 2.90 bits per heavy atom. The molecule has 0 saturated carbocycles. The molecule has 3 rings (SSSR count). The molecule has 0 saturated heterocycles. The van der Waals surface area contributed by atoms with Gasteiger partial charge in [-0.15, -0.1) is 4.91 Å². The molecular formula is C13H8N4O4. The van der Waals surface area contributed by atoms with Gasteiger partial charge in [0.05, 0.1) is 28.5 Å². The number of rotatable bonds is 3. The summed E-state index contributed by atoms with van der Waals surface area (Å²) >= 11 is 0. The van der Waals surface area contributed by atoms with Gasteiger partial charge in [0.15, 0.2) is 5.34 Å². The SMILES string of the molecule is O=NOC(=O)c1ccncc1-n1c(=O)[nH]c2ccccc21. The predicted octanol–water partition coefficient (Wildman–Crippen LogP) is 1.55. The number of para-hydroxylation sites is 2. The van der Waals surface area contributed by atoms with Crippen LogP contribution >= 0.6 is 0 Å². The highest BCUT2D eigenvalue weighted by Gasteiger charge is 2.18. The molecule has 0 radical (unpaired) electrons. The Hall–Kier alpha value is -3.29. The zero-order chi connectivity index (χ0) is 14.8. The van der Waals surface area contributed by atoms with E-state index in [4.69, 9.17) is 0 Å². The van der Waals surface area contributed by atoms with Crippen molar-refractivity contribution in [3.05, 3.63) is 63.7 Å². The van der Waals surface area contributed by atoms with Crippen molar-refractivity contribution >= 4 is 17.0 Å². The van der Waals surface area contributed by atoms with Gasteiger partial charge in [-0.1, -0.05) is 12.1 Å². The van der Waals surface area contributed by atoms with Gasteiger partial charge in [0.25, 0.3) is 0 Å². The zero-order valence-corrected chi connectivity index (χ0v) is 10.5. The molecule has 0 spiro atoms. The number of hydrogen-bond acceptors (Lipinski definition) is 6. The van der Waals surface area contributed by atoms with Crippen molar-refractivity contribution in [3.8, 4) is 5.69 Å². The van der Waals surface area contributed by atoms with Crippen LogP contribution in [0.4, 0.5) is 0 Å². The van der Waals surface area contributed by atoms with Crippen LogP contribution in [0.3, 0.4) is 0 Å². The van der Waals surface area contributed by atoms with Crippen LogP contribution in [0, 0.1) is 4.91 Å². The van der Waals surface area contributed by atoms with Crippen LogP contribution < -0.4 is 5.69 Å². The summed E-state index contributed by atoms with van der Waals surface area (Å²) in [6, 6.07) is 8.32. The van der Waals surface area contributed by atoms with Crippen LogP contribution in [0.5, 0.6) is 0 Å². The maximum atomic E-state index is 12.1. The lowest BCUT2D eigenvalue weighted by molar-refractivity contribution is 0.0508. The number of nitrogens with zero attached hydrogens (tertiary/aromatic N) is 3. The first kappa shape index (κ1) is 12.7. The molecule has 0 aliphatic carbocycles. The van der Waals surface area contributed by atoms with E-state index in [1.807, 2.05) is 0 Å². The van der Waals surface area contributed by atoms with Gasteiger partial charge >= 0.3 is 11.7 Å². The smallest absolute Gasteiger partial charge is 0.305 e. The van der Waals surface area contributed by atoms with E-state index in [2.05, 4.69) is 20.1 Å². The number of nitrogens with one attached hydrogen (secondary N) is 1. The van der Waals surface area contributed by atoms with Crippen LogP contribution in [-0.2, 0) is 4.84 Å². The molecule has 104 valence electrons. The molecule has 2 aromatic heterocycles. The topological polar surface area (TPSA) is 106 Å². The van der Waals surface area contributed by atoms with Crippen molar-refractivity contribution < 1.29 is 9.63 Å². The largest absolute Gasteiger partial charge is 0.371 e. The molecule has 0 aliphatic rings. The average Bonchev–Trinajstić information content (AvgIpc) is 2.83. The third kappa shape index (κ3) is 2.08. The van der Waals surface area contributed by atoms with Crippen LogP contribution in [0.15, 0.2) is 52.9 Å². The second-order valence-corrected chi connectivity index (χ2v) is 4.13. The van der Waals surface area contributed by atoms with Crippen molar-refractivity contribution in [3.63, 3.8) is 0 Å². The van der Waals surface area contributed by atoms with Gasteiger partial charge < -0.3 is 4.98 Å². The Bertz CT molecular complexity index is 896. The Morgan fingerprint density at radius 2 is 2.10 bits per heavy atom. The van der Waals surface area contributed by atoms with Gasteiger partial charge in [0.1, 0.15) is 0 Å². The fourth-order valence-corrected chi connectivity index (χ4v) is 2.11. The van der Waals surface area contributed by atoms with Gasteiger partial charge in [0.2, 0.25) is 0 Å². The molecule has 2 heterocycles. The normalized spacial score (nSPS) is 10.5. The quantitative estimate of drug-likeness (QED) is 0.580. The first-order valence-electron chi connectivity index (χ1n) is 5.90. The second-order valence-electron chi connectivity index (χ2n) is 4.13. The van der Waals surface area contributed by atoms with Gasteiger partial charge in [-0.05, 0) is 18.2 Å². The van der Waals surface area contributed by atoms with E-state index in [0.717, 1.165) is 0 Å². The minimum Gasteiger partial charge on any atom is -0.305 e. The van der Waals surface area contributed by atoms with E-state index in [-0.39, 0.29) is 11.3 Å². The van der Waals surface area contributed by atoms with E-state index in [0.29, 0.717) is 11.0 Å². The summed E-state index contributed by atoms with van der Waals surface area (Å²) in [4.78, 5) is 44.6. The number of benzene rings is 1. The maximum Gasteiger partial charge on any atom is 0.371 e. The molecule has 3 aromatic rings. The number of carbonyl (C=O) groups excluding carboxylic acids is 1. The molecule has 21 heavy (non-hydrogen) atoms. The summed E-state index contributed by atoms with van der Waals surface area (Å²) in [5, 5.41) is 2.10. The standard InChI is InChI=1S/C13H8N4O4/c18-12(21-16-20)8-5-6-14-7-11(8)17-10-4-2-1-3-9(10)15-13(17)19/h1-7H,(H,15,19). The molecule has 0 amide bonds. The maximum absolute atomic E-state index is 12.1. The van der Waals surface area contributed by atoms with Crippen LogP contribution in [0.2, 0.25) is 0 Å². The second kappa shape index (κ2) is 5.00. The summed E-state index contributed by atoms with van der Waals surface area (Å²) < 4.78 is 1.28. The molecule has 1 aromatic carbocycles. The van der Waals surface area contributed by atoms with Crippen LogP contribution in [-0.4, -0.2) is 20.5 Å². The van der Waals surface area contributed by atoms with Gasteiger partial charge in [0, 0.05) is 6.20 Å². The predicted molar refractivity (Wildman–Crippen MR) is 72.9 cm³/mol. The summed E-state index contributed by atoms with van der Waals surface area (Å²) in [5.74, 6) is -0.959. The Balaban J connectivity index is 2.29. The van der Waals surface area contributed by atoms with Gasteiger partial charge in [-0.25, -0.2) is 9.59 Å². The number of aromatic amines is 1. The minimum absolute atomic E-state index is 0.0106. The van der Waals surface area contributed by atoms with E-state index < -0.39 is 11.7 Å². The van der Waals surface area contributed by atoms with Gasteiger partial charge in [-0.2, -0.15) is 0 Å². The van der Waals surface area contributed by atoms with Gasteiger partial charge in [-0.3, -0.25) is 14.4 Å². The summed E-state index contributed by atoms with van der Waals surface area (Å²) in [5.41, 5.74) is 0.963. The van der Waals surface area contributed by atoms with E-state index >= 15 is 0 Å². The highest BCUT2D eigenvalue weighted by atomic mass is 16.7. The molecule has 0 fully saturated rings. The zero-order valence-electron chi connectivity index (χ0n) is 10.5. The molecule has 0 atom stereocenters. The van der Waals surface area contributed by atoms with Crippen molar-refractivity contribution in [2.24, 2.45) is 5.34 Å². The molecule has 0 bridgehead atoms. The monoisotopic (exact) mass is 284 g/mol. The number of imidazole rings is 1. The van der Waals surface area contributed by atoms with Crippen LogP contribution in [0.1, 0.15) is 10.4 Å². The lowest BCUT2D eigenvalue weighted by Gasteiger charge is -2.06. The number of carbonyl (C=O) groups is 1. The number of fused-ring (bicyclic) bond motifs is 1. The highest BCUT2D eigenvalue weighted by Crippen LogP contribution is 2.18. The summed E-state index contributed by atoms with van der Waals surface area (Å²) in [6.45, 7) is 0. The Kier molecular flexibility index (Phi) is 3.03. The molecular weight excluding hydrogens is 276 g/mol. The third-order valence-corrected chi connectivity index (χ3v) is 2.97. The van der Waals surface area contributed by atoms with Crippen molar-refractivity contribution in [2.45, 2.75) is 0 Å². The Labute approximate surface area is 116 Å². The number of H-pyrrole nitrogens is 1. The first-order valence-corrected chi connectivity index (χ1v) is 5.90. The molecule has 0 aliphatic heterocycles. The summed E-state index contributed by atoms with van der Waals surface area (Å²) in [7, 11) is 0. The van der Waals surface area contributed by atoms with Crippen molar-refractivity contribution in [1.29, 1.82) is 0 Å². The minimum atomic E-state index is -0.959. The summed E-state index contributed by atoms with van der Waals surface area (Å²) in [6.07, 6.45) is 2.69. The van der Waals surface area contributed by atoms with E-state index in [9.17, 15) is 14.5 Å². The van der Waals surface area contributed by atoms with E-state index in [1.165, 1.54) is 23.0 Å². The molecule has 0 unspecified atom stereocenters. The highest BCUT2D eigenvalue weighted by molar-refractivity contribution is 5.94. The lowest BCUT2D eigenvalue weighted by Crippen LogP contribution is -2.18.